The summed E-state index contributed by atoms with van der Waals surface area (Å²) in [5.41, 5.74) is 13.4. The molecule has 0 N–H and O–H groups in total. The summed E-state index contributed by atoms with van der Waals surface area (Å²) in [6.07, 6.45) is 21.1. The third kappa shape index (κ3) is 7.82. The van der Waals surface area contributed by atoms with Crippen molar-refractivity contribution in [3.8, 4) is 166 Å². The smallest absolute Gasteiger partial charge is 0.231 e. The largest absolute Gasteiger partial charge is 0.454 e. The van der Waals surface area contributed by atoms with Gasteiger partial charge in [-0.25, -0.2) is 0 Å². The third-order valence-corrected chi connectivity index (χ3v) is 8.89. The molecule has 4 rings (SSSR count). The third-order valence-electron chi connectivity index (χ3n) is 5.43. The van der Waals surface area contributed by atoms with E-state index in [2.05, 4.69) is 117 Å². The lowest BCUT2D eigenvalue weighted by molar-refractivity contribution is 0.174. The molecule has 0 unspecified atom stereocenters. The summed E-state index contributed by atoms with van der Waals surface area (Å²) in [4.78, 5) is 0.329. The standard InChI is InChI=1S/C39H12O4P2S/c1-5-9-13-17-25-44(26-18-14-10-6-2)33-23-21-31-37(42-29-40-31)35(33)39(46)36-34(24-22-32-38(36)43-30-41-32)45(27-19-15-11-7-3)28-20-16-12-8-4/h1-4,21-24H,29-30H2. The van der Waals surface area contributed by atoms with Gasteiger partial charge in [-0.3, -0.25) is 0 Å². The van der Waals surface area contributed by atoms with Crippen LogP contribution >= 0.6 is 28.1 Å². The number of fused-ring (bicyclic) bond motifs is 2. The van der Waals surface area contributed by atoms with Crippen LogP contribution in [0.25, 0.3) is 0 Å². The zero-order valence-electron chi connectivity index (χ0n) is 23.5. The van der Waals surface area contributed by atoms with Crippen LogP contribution in [-0.2, 0) is 0 Å². The molecule has 0 aliphatic carbocycles. The second-order valence-corrected chi connectivity index (χ2v) is 11.5. The Morgan fingerprint density at radius 1 is 0.500 bits per heavy atom. The zero-order chi connectivity index (χ0) is 32.6. The van der Waals surface area contributed by atoms with Gasteiger partial charge >= 0.3 is 0 Å². The van der Waals surface area contributed by atoms with E-state index in [0.29, 0.717) is 49.6 Å². The number of ether oxygens (including phenoxy) is 4. The van der Waals surface area contributed by atoms with Gasteiger partial charge in [0.2, 0.25) is 13.6 Å². The monoisotopic (exact) mass is 638 g/mol. The second kappa shape index (κ2) is 16.8. The molecule has 0 bridgehead atoms. The number of hydrogen-bond acceptors (Lipinski definition) is 5. The van der Waals surface area contributed by atoms with Crippen molar-refractivity contribution in [2.45, 2.75) is 0 Å². The minimum Gasteiger partial charge on any atom is -0.454 e. The van der Waals surface area contributed by atoms with E-state index in [0.717, 1.165) is 0 Å². The predicted octanol–water partition coefficient (Wildman–Crippen LogP) is 3.51. The quantitative estimate of drug-likeness (QED) is 0.222. The molecule has 0 saturated carbocycles. The van der Waals surface area contributed by atoms with Gasteiger partial charge < -0.3 is 18.9 Å². The Morgan fingerprint density at radius 3 is 1.17 bits per heavy atom. The highest BCUT2D eigenvalue weighted by atomic mass is 32.1. The van der Waals surface area contributed by atoms with Crippen LogP contribution in [0.3, 0.4) is 0 Å². The molecule has 0 radical (unpaired) electrons. The minimum absolute atomic E-state index is 0.0182. The first-order valence-corrected chi connectivity index (χ1v) is 15.6. The molecule has 0 spiro atoms. The lowest BCUT2D eigenvalue weighted by Gasteiger charge is -2.19. The van der Waals surface area contributed by atoms with Crippen LogP contribution in [0.2, 0.25) is 0 Å². The molecule has 0 amide bonds. The van der Waals surface area contributed by atoms with E-state index >= 15 is 0 Å². The first-order valence-electron chi connectivity index (χ1n) is 12.5. The fourth-order valence-corrected chi connectivity index (χ4v) is 6.90. The van der Waals surface area contributed by atoms with E-state index in [1.807, 2.05) is 12.1 Å². The molecule has 0 saturated heterocycles. The molecule has 0 atom stereocenters. The summed E-state index contributed by atoms with van der Waals surface area (Å²) in [7, 11) is -3.16. The van der Waals surface area contributed by atoms with Crippen LogP contribution in [-0.4, -0.2) is 18.5 Å². The van der Waals surface area contributed by atoms with Crippen LogP contribution in [0, 0.1) is 143 Å². The van der Waals surface area contributed by atoms with Crippen LogP contribution in [0.5, 0.6) is 23.0 Å². The number of rotatable bonds is 4. The molecule has 2 aromatic rings. The average molecular weight is 639 g/mol. The van der Waals surface area contributed by atoms with Gasteiger partial charge in [0.15, 0.2) is 23.0 Å². The van der Waals surface area contributed by atoms with Crippen LogP contribution in [0.1, 0.15) is 11.1 Å². The van der Waals surface area contributed by atoms with E-state index in [1.54, 1.807) is 12.1 Å². The Labute approximate surface area is 276 Å². The van der Waals surface area contributed by atoms with Crippen molar-refractivity contribution in [2.24, 2.45) is 0 Å². The SMILES string of the molecule is C#CC#CC#CP(C#CC#CC#C)c1ccc2c(c1C(=S)c1c(P(C#CC#CC#C)C#CC#CC#C)ccc3c1OCO3)OCO2. The molecular weight excluding hydrogens is 626 g/mol. The Hall–Kier alpha value is -6.69. The van der Waals surface area contributed by atoms with Gasteiger partial charge in [-0.15, -0.1) is 25.7 Å². The van der Waals surface area contributed by atoms with E-state index in [4.69, 9.17) is 56.9 Å². The molecule has 0 fully saturated rings. The Kier molecular flexibility index (Phi) is 11.8. The molecule has 2 heterocycles. The average Bonchev–Trinajstić information content (AvgIpc) is 3.76. The van der Waals surface area contributed by atoms with Crippen molar-refractivity contribution in [1.82, 2.24) is 0 Å². The molecule has 7 heteroatoms. The van der Waals surface area contributed by atoms with Crippen molar-refractivity contribution >= 4 is 43.5 Å². The van der Waals surface area contributed by atoms with Gasteiger partial charge in [-0.05, 0) is 142 Å². The molecule has 4 nitrogen and oxygen atoms in total. The van der Waals surface area contributed by atoms with Gasteiger partial charge in [-0.1, -0.05) is 12.2 Å². The van der Waals surface area contributed by atoms with Crippen LogP contribution in [0.15, 0.2) is 24.3 Å². The summed E-state index contributed by atoms with van der Waals surface area (Å²) in [6.45, 7) is -0.0363. The predicted molar refractivity (Wildman–Crippen MR) is 187 cm³/mol. The summed E-state index contributed by atoms with van der Waals surface area (Å²) in [5.74, 6) is 42.2. The Bertz CT molecular complexity index is 2090. The highest BCUT2D eigenvalue weighted by molar-refractivity contribution is 7.82. The number of hydrogen-bond donors (Lipinski definition) is 0. The van der Waals surface area contributed by atoms with Crippen molar-refractivity contribution in [3.05, 3.63) is 35.4 Å². The van der Waals surface area contributed by atoms with Gasteiger partial charge in [0.05, 0.1) is 20.7 Å². The van der Waals surface area contributed by atoms with Crippen molar-refractivity contribution in [1.29, 1.82) is 0 Å². The highest BCUT2D eigenvalue weighted by Gasteiger charge is 2.33. The fraction of sp³-hybridized carbons (Fsp3) is 0.0513. The summed E-state index contributed by atoms with van der Waals surface area (Å²) < 4.78 is 23.3. The molecule has 2 aliphatic heterocycles. The number of benzene rings is 2. The van der Waals surface area contributed by atoms with E-state index in [-0.39, 0.29) is 13.6 Å². The molecule has 2 aromatic carbocycles. The fourth-order valence-electron chi connectivity index (χ4n) is 3.76. The van der Waals surface area contributed by atoms with E-state index < -0.39 is 15.8 Å². The Balaban J connectivity index is 2.02. The molecule has 46 heavy (non-hydrogen) atoms. The van der Waals surface area contributed by atoms with E-state index in [9.17, 15) is 0 Å². The highest BCUT2D eigenvalue weighted by Crippen LogP contribution is 2.47. The summed E-state index contributed by atoms with van der Waals surface area (Å²) in [5, 5.41) is 1.30. The first-order chi connectivity index (χ1) is 22.6. The van der Waals surface area contributed by atoms with Gasteiger partial charge in [0.25, 0.3) is 0 Å². The number of thiocarbonyl (C=S) groups is 1. The molecular formula is C39H12O4P2S. The van der Waals surface area contributed by atoms with E-state index in [1.165, 1.54) is 0 Å². The molecule has 2 aliphatic rings. The topological polar surface area (TPSA) is 36.9 Å². The van der Waals surface area contributed by atoms with Crippen molar-refractivity contribution in [3.63, 3.8) is 0 Å². The second-order valence-electron chi connectivity index (χ2n) is 7.91. The van der Waals surface area contributed by atoms with Crippen LogP contribution < -0.4 is 29.6 Å². The first kappa shape index (κ1) is 32.2. The Morgan fingerprint density at radius 2 is 0.848 bits per heavy atom. The summed E-state index contributed by atoms with van der Waals surface area (Å²) >= 11 is 6.24. The maximum absolute atomic E-state index is 6.24. The van der Waals surface area contributed by atoms with Crippen molar-refractivity contribution in [2.75, 3.05) is 13.6 Å². The van der Waals surface area contributed by atoms with Gasteiger partial charge in [-0.2, -0.15) is 0 Å². The van der Waals surface area contributed by atoms with Gasteiger partial charge in [0.1, 0.15) is 0 Å². The summed E-state index contributed by atoms with van der Waals surface area (Å²) in [6, 6.07) is 7.16. The normalized spacial score (nSPS) is 9.70. The number of terminal acetylenes is 4. The van der Waals surface area contributed by atoms with Gasteiger partial charge in [0, 0.05) is 21.7 Å². The maximum Gasteiger partial charge on any atom is 0.231 e. The molecule has 208 valence electrons. The minimum atomic E-state index is -1.58. The lowest BCUT2D eigenvalue weighted by Crippen LogP contribution is -2.21. The van der Waals surface area contributed by atoms with Crippen molar-refractivity contribution < 1.29 is 18.9 Å². The van der Waals surface area contributed by atoms with Crippen LogP contribution in [0.4, 0.5) is 0 Å². The zero-order valence-corrected chi connectivity index (χ0v) is 26.1. The maximum atomic E-state index is 6.24. The lowest BCUT2D eigenvalue weighted by atomic mass is 10.0. The molecule has 0 aromatic heterocycles.